The van der Waals surface area contributed by atoms with E-state index in [1.54, 1.807) is 0 Å². The minimum atomic E-state index is -0.0735. The molecule has 1 N–H and O–H groups in total. The molecule has 0 spiro atoms. The Morgan fingerprint density at radius 3 is 2.17 bits per heavy atom. The lowest BCUT2D eigenvalue weighted by Gasteiger charge is -2.37. The van der Waals surface area contributed by atoms with Gasteiger partial charge in [0, 0.05) is 38.8 Å². The van der Waals surface area contributed by atoms with E-state index in [1.165, 1.54) is 5.56 Å². The first-order chi connectivity index (χ1) is 11.0. The van der Waals surface area contributed by atoms with Gasteiger partial charge in [0.25, 0.3) is 0 Å². The highest BCUT2D eigenvalue weighted by atomic mass is 16.2. The average Bonchev–Trinajstić information content (AvgIpc) is 2.53. The van der Waals surface area contributed by atoms with Crippen molar-refractivity contribution < 1.29 is 4.79 Å². The van der Waals surface area contributed by atoms with Crippen LogP contribution >= 0.6 is 0 Å². The summed E-state index contributed by atoms with van der Waals surface area (Å²) in [4.78, 5) is 17.2. The van der Waals surface area contributed by atoms with Crippen LogP contribution in [-0.4, -0.2) is 54.0 Å². The van der Waals surface area contributed by atoms with E-state index in [2.05, 4.69) is 62.2 Å². The summed E-state index contributed by atoms with van der Waals surface area (Å²) >= 11 is 0. The summed E-state index contributed by atoms with van der Waals surface area (Å²) in [6.07, 6.45) is 0. The lowest BCUT2D eigenvalue weighted by atomic mass is 10.0. The van der Waals surface area contributed by atoms with Gasteiger partial charge in [-0.25, -0.2) is 0 Å². The van der Waals surface area contributed by atoms with Crippen LogP contribution in [0.15, 0.2) is 30.3 Å². The van der Waals surface area contributed by atoms with Crippen molar-refractivity contribution >= 4 is 5.91 Å². The highest BCUT2D eigenvalue weighted by molar-refractivity contribution is 5.82. The fourth-order valence-electron chi connectivity index (χ4n) is 3.07. The maximum atomic E-state index is 12.8. The van der Waals surface area contributed by atoms with Crippen LogP contribution in [-0.2, 0) is 11.3 Å². The van der Waals surface area contributed by atoms with Gasteiger partial charge in [0.1, 0.15) is 0 Å². The number of nitrogens with zero attached hydrogens (tertiary/aromatic N) is 2. The third kappa shape index (κ3) is 5.33. The van der Waals surface area contributed by atoms with Crippen molar-refractivity contribution in [3.8, 4) is 0 Å². The molecule has 1 aliphatic rings. The van der Waals surface area contributed by atoms with Crippen molar-refractivity contribution in [3.63, 3.8) is 0 Å². The van der Waals surface area contributed by atoms with Gasteiger partial charge in [-0.3, -0.25) is 9.69 Å². The Morgan fingerprint density at radius 1 is 1.04 bits per heavy atom. The van der Waals surface area contributed by atoms with Crippen molar-refractivity contribution in [2.75, 3.05) is 26.2 Å². The second-order valence-corrected chi connectivity index (χ2v) is 7.13. The van der Waals surface area contributed by atoms with Gasteiger partial charge in [-0.15, -0.1) is 0 Å². The molecule has 1 saturated heterocycles. The first kappa shape index (κ1) is 18.0. The molecular weight excluding hydrogens is 286 g/mol. The monoisotopic (exact) mass is 317 g/mol. The number of carbonyl (C=O) groups excluding carboxylic acids is 1. The summed E-state index contributed by atoms with van der Waals surface area (Å²) in [5, 5.41) is 3.42. The number of amides is 1. The number of hydrogen-bond acceptors (Lipinski definition) is 3. The van der Waals surface area contributed by atoms with Crippen molar-refractivity contribution in [2.45, 2.75) is 46.3 Å². The quantitative estimate of drug-likeness (QED) is 0.875. The Hall–Kier alpha value is -1.39. The zero-order valence-corrected chi connectivity index (χ0v) is 15.0. The van der Waals surface area contributed by atoms with E-state index < -0.39 is 0 Å². The molecule has 4 heteroatoms. The number of rotatable bonds is 6. The van der Waals surface area contributed by atoms with Crippen LogP contribution in [0.5, 0.6) is 0 Å². The van der Waals surface area contributed by atoms with Gasteiger partial charge in [0.15, 0.2) is 0 Å². The molecule has 0 bridgehead atoms. The van der Waals surface area contributed by atoms with Gasteiger partial charge in [-0.05, 0) is 11.5 Å². The molecule has 1 heterocycles. The normalized spacial score (nSPS) is 17.7. The molecular formula is C19H31N3O. The molecule has 0 aromatic heterocycles. The van der Waals surface area contributed by atoms with E-state index in [9.17, 15) is 4.79 Å². The lowest BCUT2D eigenvalue weighted by molar-refractivity contribution is -0.136. The Kier molecular flexibility index (Phi) is 6.60. The average molecular weight is 317 g/mol. The standard InChI is InChI=1S/C19H31N3O/c1-15(2)18(20-16(3)4)19(23)22-12-10-21(11-13-22)14-17-8-6-5-7-9-17/h5-9,15-16,18,20H,10-14H2,1-4H3/t18-/m1/s1. The van der Waals surface area contributed by atoms with Crippen molar-refractivity contribution in [3.05, 3.63) is 35.9 Å². The summed E-state index contributed by atoms with van der Waals surface area (Å²) in [6, 6.07) is 10.8. The topological polar surface area (TPSA) is 35.6 Å². The molecule has 1 aromatic rings. The van der Waals surface area contributed by atoms with Crippen molar-refractivity contribution in [1.82, 2.24) is 15.1 Å². The second kappa shape index (κ2) is 8.46. The number of benzene rings is 1. The minimum absolute atomic E-state index is 0.0735. The van der Waals surface area contributed by atoms with E-state index in [0.717, 1.165) is 32.7 Å². The Balaban J connectivity index is 1.86. The highest BCUT2D eigenvalue weighted by Gasteiger charge is 2.29. The maximum absolute atomic E-state index is 12.8. The predicted octanol–water partition coefficient (Wildman–Crippen LogP) is 2.35. The van der Waals surface area contributed by atoms with Gasteiger partial charge in [0.2, 0.25) is 5.91 Å². The minimum Gasteiger partial charge on any atom is -0.339 e. The van der Waals surface area contributed by atoms with E-state index >= 15 is 0 Å². The van der Waals surface area contributed by atoms with Crippen LogP contribution in [0.4, 0.5) is 0 Å². The van der Waals surface area contributed by atoms with Gasteiger partial charge in [-0.1, -0.05) is 58.0 Å². The number of carbonyl (C=O) groups is 1. The molecule has 1 aliphatic heterocycles. The van der Waals surface area contributed by atoms with Crippen LogP contribution in [0.2, 0.25) is 0 Å². The Labute approximate surface area is 140 Å². The van der Waals surface area contributed by atoms with E-state index in [0.29, 0.717) is 12.0 Å². The summed E-state index contributed by atoms with van der Waals surface area (Å²) in [5.41, 5.74) is 1.34. The molecule has 0 saturated carbocycles. The van der Waals surface area contributed by atoms with Crippen molar-refractivity contribution in [1.29, 1.82) is 0 Å². The van der Waals surface area contributed by atoms with Crippen LogP contribution < -0.4 is 5.32 Å². The molecule has 1 amide bonds. The number of nitrogens with one attached hydrogen (secondary N) is 1. The van der Waals surface area contributed by atoms with E-state index in [4.69, 9.17) is 0 Å². The summed E-state index contributed by atoms with van der Waals surface area (Å²) < 4.78 is 0. The van der Waals surface area contributed by atoms with Crippen LogP contribution in [0.1, 0.15) is 33.3 Å². The fraction of sp³-hybridized carbons (Fsp3) is 0.632. The van der Waals surface area contributed by atoms with Gasteiger partial charge in [0.05, 0.1) is 6.04 Å². The fourth-order valence-corrected chi connectivity index (χ4v) is 3.07. The SMILES string of the molecule is CC(C)N[C@@H](C(=O)N1CCN(Cc2ccccc2)CC1)C(C)C. The van der Waals surface area contributed by atoms with Crippen LogP contribution in [0, 0.1) is 5.92 Å². The van der Waals surface area contributed by atoms with Gasteiger partial charge < -0.3 is 10.2 Å². The molecule has 1 fully saturated rings. The number of hydrogen-bond donors (Lipinski definition) is 1. The molecule has 23 heavy (non-hydrogen) atoms. The van der Waals surface area contributed by atoms with E-state index in [-0.39, 0.29) is 11.9 Å². The predicted molar refractivity (Wildman–Crippen MR) is 95.2 cm³/mol. The summed E-state index contributed by atoms with van der Waals surface area (Å²) in [7, 11) is 0. The van der Waals surface area contributed by atoms with Crippen molar-refractivity contribution in [2.24, 2.45) is 5.92 Å². The molecule has 4 nitrogen and oxygen atoms in total. The van der Waals surface area contributed by atoms with Gasteiger partial charge in [-0.2, -0.15) is 0 Å². The van der Waals surface area contributed by atoms with Crippen LogP contribution in [0.3, 0.4) is 0 Å². The zero-order chi connectivity index (χ0) is 16.8. The molecule has 0 unspecified atom stereocenters. The molecule has 128 valence electrons. The van der Waals surface area contributed by atoms with Gasteiger partial charge >= 0.3 is 0 Å². The zero-order valence-electron chi connectivity index (χ0n) is 15.0. The third-order valence-electron chi connectivity index (χ3n) is 4.38. The molecule has 1 aromatic carbocycles. The number of piperazine rings is 1. The molecule has 0 aliphatic carbocycles. The largest absolute Gasteiger partial charge is 0.339 e. The first-order valence-corrected chi connectivity index (χ1v) is 8.78. The summed E-state index contributed by atoms with van der Waals surface area (Å²) in [6.45, 7) is 13.0. The smallest absolute Gasteiger partial charge is 0.240 e. The lowest BCUT2D eigenvalue weighted by Crippen LogP contribution is -2.56. The Morgan fingerprint density at radius 2 is 1.65 bits per heavy atom. The second-order valence-electron chi connectivity index (χ2n) is 7.13. The van der Waals surface area contributed by atoms with Crippen LogP contribution in [0.25, 0.3) is 0 Å². The maximum Gasteiger partial charge on any atom is 0.240 e. The Bertz CT molecular complexity index is 479. The first-order valence-electron chi connectivity index (χ1n) is 8.78. The third-order valence-corrected chi connectivity index (χ3v) is 4.38. The molecule has 0 radical (unpaired) electrons. The molecule has 2 rings (SSSR count). The summed E-state index contributed by atoms with van der Waals surface area (Å²) in [5.74, 6) is 0.570. The molecule has 1 atom stereocenters. The highest BCUT2D eigenvalue weighted by Crippen LogP contribution is 2.12. The van der Waals surface area contributed by atoms with E-state index in [1.807, 2.05) is 11.0 Å².